The van der Waals surface area contributed by atoms with Gasteiger partial charge in [-0.25, -0.2) is 0 Å². The van der Waals surface area contributed by atoms with Crippen molar-refractivity contribution in [3.63, 3.8) is 0 Å². The van der Waals surface area contributed by atoms with Gasteiger partial charge in [-0.1, -0.05) is 0 Å². The van der Waals surface area contributed by atoms with Crippen LogP contribution in [0.3, 0.4) is 0 Å². The Labute approximate surface area is 106 Å². The molecule has 0 spiro atoms. The second kappa shape index (κ2) is 5.35. The Morgan fingerprint density at radius 1 is 1.50 bits per heavy atom. The highest BCUT2D eigenvalue weighted by atomic mass is 16.6. The summed E-state index contributed by atoms with van der Waals surface area (Å²) in [6, 6.07) is 5.56. The van der Waals surface area contributed by atoms with E-state index in [0.717, 1.165) is 25.1 Å². The smallest absolute Gasteiger partial charge is 0.272 e. The molecule has 98 valence electrons. The molecule has 0 aromatic heterocycles. The molecule has 1 aliphatic carbocycles. The first-order valence-corrected chi connectivity index (χ1v) is 6.23. The van der Waals surface area contributed by atoms with Gasteiger partial charge in [0.25, 0.3) is 5.69 Å². The lowest BCUT2D eigenvalue weighted by atomic mass is 9.89. The first kappa shape index (κ1) is 12.8. The van der Waals surface area contributed by atoms with Crippen LogP contribution in [0.1, 0.15) is 25.3 Å². The predicted molar refractivity (Wildman–Crippen MR) is 69.9 cm³/mol. The molecule has 2 rings (SSSR count). The van der Waals surface area contributed by atoms with Crippen molar-refractivity contribution < 1.29 is 9.66 Å². The molecule has 0 atom stereocenters. The van der Waals surface area contributed by atoms with E-state index >= 15 is 0 Å². The topological polar surface area (TPSA) is 64.4 Å². The maximum Gasteiger partial charge on any atom is 0.272 e. The van der Waals surface area contributed by atoms with E-state index in [0.29, 0.717) is 17.7 Å². The Bertz CT molecular complexity index is 442. The molecular weight excluding hydrogens is 232 g/mol. The highest BCUT2D eigenvalue weighted by molar-refractivity contribution is 5.54. The molecule has 5 nitrogen and oxygen atoms in total. The van der Waals surface area contributed by atoms with E-state index < -0.39 is 0 Å². The van der Waals surface area contributed by atoms with Gasteiger partial charge in [-0.3, -0.25) is 10.1 Å². The van der Waals surface area contributed by atoms with Gasteiger partial charge in [0.15, 0.2) is 0 Å². The number of rotatable bonds is 5. The van der Waals surface area contributed by atoms with Gasteiger partial charge in [0, 0.05) is 30.0 Å². The number of hydrogen-bond acceptors (Lipinski definition) is 4. The van der Waals surface area contributed by atoms with Crippen LogP contribution in [0, 0.1) is 17.0 Å². The molecule has 18 heavy (non-hydrogen) atoms. The second-order valence-electron chi connectivity index (χ2n) is 4.65. The number of benzene rings is 1. The summed E-state index contributed by atoms with van der Waals surface area (Å²) in [6.45, 7) is 4.52. The van der Waals surface area contributed by atoms with Crippen LogP contribution in [0.5, 0.6) is 0 Å². The van der Waals surface area contributed by atoms with Crippen LogP contribution in [-0.4, -0.2) is 23.7 Å². The fraction of sp³-hybridized carbons (Fsp3) is 0.538. The van der Waals surface area contributed by atoms with Crippen LogP contribution in [0.25, 0.3) is 0 Å². The number of ether oxygens (including phenoxy) is 1. The van der Waals surface area contributed by atoms with Gasteiger partial charge < -0.3 is 10.1 Å². The fourth-order valence-electron chi connectivity index (χ4n) is 2.24. The van der Waals surface area contributed by atoms with E-state index in [1.807, 2.05) is 13.0 Å². The van der Waals surface area contributed by atoms with Gasteiger partial charge in [-0.2, -0.15) is 0 Å². The van der Waals surface area contributed by atoms with Gasteiger partial charge in [0.1, 0.15) is 0 Å². The summed E-state index contributed by atoms with van der Waals surface area (Å²) in [4.78, 5) is 10.4. The van der Waals surface area contributed by atoms with Crippen LogP contribution in [-0.2, 0) is 4.74 Å². The second-order valence-corrected chi connectivity index (χ2v) is 4.65. The summed E-state index contributed by atoms with van der Waals surface area (Å²) in [5.74, 6) is 0. The molecule has 1 N–H and O–H groups in total. The number of nitrogens with one attached hydrogen (secondary N) is 1. The van der Waals surface area contributed by atoms with Crippen molar-refractivity contribution in [1.82, 2.24) is 0 Å². The highest BCUT2D eigenvalue weighted by Crippen LogP contribution is 2.28. The molecule has 1 fully saturated rings. The third-order valence-corrected chi connectivity index (χ3v) is 3.26. The van der Waals surface area contributed by atoms with Crippen molar-refractivity contribution in [2.24, 2.45) is 0 Å². The maximum absolute atomic E-state index is 10.7. The van der Waals surface area contributed by atoms with Crippen LogP contribution in [0.4, 0.5) is 11.4 Å². The Morgan fingerprint density at radius 2 is 2.22 bits per heavy atom. The van der Waals surface area contributed by atoms with Gasteiger partial charge in [0.05, 0.1) is 11.0 Å². The maximum atomic E-state index is 10.7. The van der Waals surface area contributed by atoms with Crippen molar-refractivity contribution in [3.8, 4) is 0 Å². The molecular formula is C13H18N2O3. The lowest BCUT2D eigenvalue weighted by Crippen LogP contribution is -2.40. The number of nitro benzene ring substituents is 1. The van der Waals surface area contributed by atoms with Gasteiger partial charge in [0.2, 0.25) is 0 Å². The first-order valence-electron chi connectivity index (χ1n) is 6.23. The van der Waals surface area contributed by atoms with Crippen molar-refractivity contribution in [2.45, 2.75) is 38.8 Å². The number of nitrogens with zero attached hydrogens (tertiary/aromatic N) is 1. The molecule has 0 amide bonds. The van der Waals surface area contributed by atoms with Crippen LogP contribution < -0.4 is 5.32 Å². The SMILES string of the molecule is CCOC1CC(Nc2ccc([N+](=O)[O-])c(C)c2)C1. The zero-order chi connectivity index (χ0) is 13.1. The molecule has 5 heteroatoms. The average molecular weight is 250 g/mol. The Balaban J connectivity index is 1.92. The summed E-state index contributed by atoms with van der Waals surface area (Å²) in [7, 11) is 0. The van der Waals surface area contributed by atoms with Crippen LogP contribution in [0.15, 0.2) is 18.2 Å². The minimum Gasteiger partial charge on any atom is -0.382 e. The summed E-state index contributed by atoms with van der Waals surface area (Å²) in [6.07, 6.45) is 2.37. The largest absolute Gasteiger partial charge is 0.382 e. The molecule has 0 radical (unpaired) electrons. The lowest BCUT2D eigenvalue weighted by Gasteiger charge is -2.36. The molecule has 1 aromatic carbocycles. The predicted octanol–water partition coefficient (Wildman–Crippen LogP) is 2.88. The van der Waals surface area contributed by atoms with Gasteiger partial charge in [-0.15, -0.1) is 0 Å². The van der Waals surface area contributed by atoms with Crippen molar-refractivity contribution in [1.29, 1.82) is 0 Å². The molecule has 0 heterocycles. The Kier molecular flexibility index (Phi) is 3.81. The Morgan fingerprint density at radius 3 is 2.78 bits per heavy atom. The molecule has 1 aliphatic rings. The quantitative estimate of drug-likeness (QED) is 0.644. The third kappa shape index (κ3) is 2.79. The lowest BCUT2D eigenvalue weighted by molar-refractivity contribution is -0.385. The van der Waals surface area contributed by atoms with Crippen LogP contribution >= 0.6 is 0 Å². The summed E-state index contributed by atoms with van der Waals surface area (Å²) in [5.41, 5.74) is 1.80. The van der Waals surface area contributed by atoms with E-state index in [4.69, 9.17) is 4.74 Å². The van der Waals surface area contributed by atoms with Crippen LogP contribution in [0.2, 0.25) is 0 Å². The fourth-order valence-corrected chi connectivity index (χ4v) is 2.24. The number of anilines is 1. The Hall–Kier alpha value is -1.62. The average Bonchev–Trinajstić information content (AvgIpc) is 2.26. The highest BCUT2D eigenvalue weighted by Gasteiger charge is 2.29. The third-order valence-electron chi connectivity index (χ3n) is 3.26. The molecule has 0 unspecified atom stereocenters. The standard InChI is InChI=1S/C13H18N2O3/c1-3-18-12-7-11(8-12)14-10-4-5-13(15(16)17)9(2)6-10/h4-6,11-12,14H,3,7-8H2,1-2H3. The zero-order valence-electron chi connectivity index (χ0n) is 10.7. The summed E-state index contributed by atoms with van der Waals surface area (Å²) in [5, 5.41) is 14.1. The molecule has 0 aliphatic heterocycles. The van der Waals surface area contributed by atoms with Crippen molar-refractivity contribution in [3.05, 3.63) is 33.9 Å². The van der Waals surface area contributed by atoms with Crippen molar-refractivity contribution >= 4 is 11.4 Å². The monoisotopic (exact) mass is 250 g/mol. The van der Waals surface area contributed by atoms with E-state index in [-0.39, 0.29) is 10.6 Å². The number of aryl methyl sites for hydroxylation is 1. The molecule has 0 bridgehead atoms. The molecule has 1 aromatic rings. The zero-order valence-corrected chi connectivity index (χ0v) is 10.7. The number of nitro groups is 1. The van der Waals surface area contributed by atoms with E-state index in [2.05, 4.69) is 5.32 Å². The molecule has 1 saturated carbocycles. The number of hydrogen-bond donors (Lipinski definition) is 1. The minimum atomic E-state index is -0.354. The molecule has 0 saturated heterocycles. The first-order chi connectivity index (χ1) is 8.60. The van der Waals surface area contributed by atoms with E-state index in [9.17, 15) is 10.1 Å². The van der Waals surface area contributed by atoms with Crippen molar-refractivity contribution in [2.75, 3.05) is 11.9 Å². The van der Waals surface area contributed by atoms with E-state index in [1.165, 1.54) is 0 Å². The van der Waals surface area contributed by atoms with E-state index in [1.54, 1.807) is 19.1 Å². The summed E-state index contributed by atoms with van der Waals surface area (Å²) >= 11 is 0. The summed E-state index contributed by atoms with van der Waals surface area (Å²) < 4.78 is 5.49. The normalized spacial score (nSPS) is 22.3. The minimum absolute atomic E-state index is 0.168. The van der Waals surface area contributed by atoms with Gasteiger partial charge >= 0.3 is 0 Å². The van der Waals surface area contributed by atoms with Gasteiger partial charge in [-0.05, 0) is 38.8 Å².